The molecule has 12 heavy (non-hydrogen) atoms. The molecule has 0 spiro atoms. The summed E-state index contributed by atoms with van der Waals surface area (Å²) in [5.74, 6) is 0. The third-order valence-electron chi connectivity index (χ3n) is 1.22. The summed E-state index contributed by atoms with van der Waals surface area (Å²) in [6, 6.07) is 1.63. The molecule has 0 bridgehead atoms. The first-order valence-electron chi connectivity index (χ1n) is 3.31. The minimum Gasteiger partial charge on any atom is -0.378 e. The Labute approximate surface area is 77.1 Å². The summed E-state index contributed by atoms with van der Waals surface area (Å²) in [6.07, 6.45) is 0.747. The number of hydrogen-bond donors (Lipinski definition) is 1. The van der Waals surface area contributed by atoms with Gasteiger partial charge in [-0.15, -0.1) is 0 Å². The number of hydrogen-bond acceptors (Lipinski definition) is 2. The topological polar surface area (TPSA) is 24.9 Å². The Morgan fingerprint density at radius 2 is 2.33 bits per heavy atom. The number of aromatic nitrogens is 1. The molecule has 0 saturated carbocycles. The lowest BCUT2D eigenvalue weighted by atomic mass is 10.4. The second-order valence-electron chi connectivity index (χ2n) is 2.13. The molecule has 0 atom stereocenters. The van der Waals surface area contributed by atoms with Crippen LogP contribution in [0.4, 0.5) is 14.5 Å². The van der Waals surface area contributed by atoms with Crippen molar-refractivity contribution in [2.45, 2.75) is 6.43 Å². The molecule has 1 aromatic rings. The van der Waals surface area contributed by atoms with Crippen LogP contribution in [-0.2, 0) is 0 Å². The predicted octanol–water partition coefficient (Wildman–Crippen LogP) is 2.52. The predicted molar refractivity (Wildman–Crippen MR) is 46.4 cm³/mol. The molecule has 2 nitrogen and oxygen atoms in total. The number of halogens is 3. The van der Waals surface area contributed by atoms with Crippen LogP contribution < -0.4 is 5.32 Å². The first-order chi connectivity index (χ1) is 5.70. The number of rotatable bonds is 3. The Morgan fingerprint density at radius 3 is 2.92 bits per heavy atom. The number of anilines is 1. The van der Waals surface area contributed by atoms with Gasteiger partial charge in [0.2, 0.25) is 0 Å². The molecule has 0 unspecified atom stereocenters. The number of nitrogens with zero attached hydrogens (tertiary/aromatic N) is 1. The van der Waals surface area contributed by atoms with Gasteiger partial charge in [-0.2, -0.15) is 0 Å². The van der Waals surface area contributed by atoms with E-state index in [0.717, 1.165) is 0 Å². The zero-order valence-corrected chi connectivity index (χ0v) is 7.68. The zero-order valence-electron chi connectivity index (χ0n) is 6.10. The van der Waals surface area contributed by atoms with E-state index in [1.807, 2.05) is 0 Å². The van der Waals surface area contributed by atoms with Crippen molar-refractivity contribution in [1.82, 2.24) is 4.98 Å². The second-order valence-corrected chi connectivity index (χ2v) is 2.98. The van der Waals surface area contributed by atoms with Crippen LogP contribution in [0.3, 0.4) is 0 Å². The third-order valence-corrected chi connectivity index (χ3v) is 1.85. The monoisotopic (exact) mass is 236 g/mol. The van der Waals surface area contributed by atoms with Gasteiger partial charge in [-0.05, 0) is 22.0 Å². The van der Waals surface area contributed by atoms with Crippen LogP contribution in [0.25, 0.3) is 0 Å². The molecule has 0 fully saturated rings. The van der Waals surface area contributed by atoms with E-state index in [-0.39, 0.29) is 6.54 Å². The summed E-state index contributed by atoms with van der Waals surface area (Å²) in [5, 5.41) is 2.58. The van der Waals surface area contributed by atoms with Gasteiger partial charge in [0, 0.05) is 12.4 Å². The van der Waals surface area contributed by atoms with Crippen LogP contribution >= 0.6 is 15.9 Å². The van der Waals surface area contributed by atoms with Crippen molar-refractivity contribution in [2.24, 2.45) is 0 Å². The van der Waals surface area contributed by atoms with Crippen molar-refractivity contribution in [2.75, 3.05) is 11.9 Å². The normalized spacial score (nSPS) is 10.3. The van der Waals surface area contributed by atoms with Crippen molar-refractivity contribution in [1.29, 1.82) is 0 Å². The molecule has 5 heteroatoms. The second kappa shape index (κ2) is 4.35. The molecule has 0 aliphatic carbocycles. The van der Waals surface area contributed by atoms with Gasteiger partial charge in [0.05, 0.1) is 16.7 Å². The lowest BCUT2D eigenvalue weighted by Crippen LogP contribution is -2.10. The van der Waals surface area contributed by atoms with Crippen LogP contribution in [0.2, 0.25) is 0 Å². The van der Waals surface area contributed by atoms with Crippen LogP contribution in [0.15, 0.2) is 22.9 Å². The molecule has 0 amide bonds. The molecular formula is C7H7BrF2N2. The van der Waals surface area contributed by atoms with Gasteiger partial charge in [0.25, 0.3) is 6.43 Å². The van der Waals surface area contributed by atoms with E-state index in [4.69, 9.17) is 0 Å². The molecule has 1 N–H and O–H groups in total. The van der Waals surface area contributed by atoms with E-state index < -0.39 is 6.43 Å². The highest BCUT2D eigenvalue weighted by molar-refractivity contribution is 9.10. The maximum Gasteiger partial charge on any atom is 0.255 e. The highest BCUT2D eigenvalue weighted by Crippen LogP contribution is 2.19. The largest absolute Gasteiger partial charge is 0.378 e. The van der Waals surface area contributed by atoms with Crippen LogP contribution in [0.1, 0.15) is 0 Å². The smallest absolute Gasteiger partial charge is 0.255 e. The van der Waals surface area contributed by atoms with Crippen LogP contribution in [0, 0.1) is 0 Å². The fourth-order valence-electron chi connectivity index (χ4n) is 0.706. The summed E-state index contributed by atoms with van der Waals surface area (Å²) >= 11 is 3.18. The minimum atomic E-state index is -2.34. The van der Waals surface area contributed by atoms with Crippen molar-refractivity contribution >= 4 is 21.6 Å². The highest BCUT2D eigenvalue weighted by atomic mass is 79.9. The Kier molecular flexibility index (Phi) is 3.40. The third kappa shape index (κ3) is 2.73. The van der Waals surface area contributed by atoms with Crippen LogP contribution in [-0.4, -0.2) is 18.0 Å². The zero-order chi connectivity index (χ0) is 8.97. The lowest BCUT2D eigenvalue weighted by molar-refractivity contribution is 0.163. The Bertz CT molecular complexity index is 255. The first kappa shape index (κ1) is 9.38. The maximum absolute atomic E-state index is 11.8. The van der Waals surface area contributed by atoms with E-state index in [0.29, 0.717) is 10.2 Å². The Balaban J connectivity index is 2.57. The summed E-state index contributed by atoms with van der Waals surface area (Å²) in [5.41, 5.74) is 0.630. The molecule has 1 aromatic heterocycles. The van der Waals surface area contributed by atoms with Crippen molar-refractivity contribution < 1.29 is 8.78 Å². The minimum absolute atomic E-state index is 0.345. The van der Waals surface area contributed by atoms with E-state index in [1.54, 1.807) is 18.5 Å². The first-order valence-corrected chi connectivity index (χ1v) is 4.11. The van der Waals surface area contributed by atoms with E-state index >= 15 is 0 Å². The van der Waals surface area contributed by atoms with Crippen molar-refractivity contribution in [3.8, 4) is 0 Å². The molecule has 0 aromatic carbocycles. The van der Waals surface area contributed by atoms with Gasteiger partial charge in [-0.25, -0.2) is 8.78 Å². The molecule has 1 rings (SSSR count). The van der Waals surface area contributed by atoms with E-state index in [1.165, 1.54) is 0 Å². The molecule has 0 aliphatic heterocycles. The van der Waals surface area contributed by atoms with Gasteiger partial charge < -0.3 is 5.32 Å². The fourth-order valence-corrected chi connectivity index (χ4v) is 1.10. The average molecular weight is 237 g/mol. The maximum atomic E-state index is 11.8. The Hall–Kier alpha value is -0.710. The van der Waals surface area contributed by atoms with Gasteiger partial charge >= 0.3 is 0 Å². The molecule has 0 aliphatic rings. The molecule has 66 valence electrons. The van der Waals surface area contributed by atoms with Crippen molar-refractivity contribution in [3.63, 3.8) is 0 Å². The number of nitrogens with one attached hydrogen (secondary N) is 1. The molecule has 0 radical (unpaired) electrons. The molecular weight excluding hydrogens is 230 g/mol. The van der Waals surface area contributed by atoms with Gasteiger partial charge in [0.15, 0.2) is 0 Å². The quantitative estimate of drug-likeness (QED) is 0.873. The summed E-state index contributed by atoms with van der Waals surface area (Å²) in [6.45, 7) is -0.345. The van der Waals surface area contributed by atoms with Crippen molar-refractivity contribution in [3.05, 3.63) is 22.9 Å². The number of alkyl halides is 2. The summed E-state index contributed by atoms with van der Waals surface area (Å²) in [4.78, 5) is 3.80. The van der Waals surface area contributed by atoms with E-state index in [2.05, 4.69) is 26.2 Å². The SMILES string of the molecule is FC(F)CNc1ccncc1Br. The Morgan fingerprint density at radius 1 is 1.58 bits per heavy atom. The lowest BCUT2D eigenvalue weighted by Gasteiger charge is -2.06. The fraction of sp³-hybridized carbons (Fsp3) is 0.286. The molecule has 1 heterocycles. The summed E-state index contributed by atoms with van der Waals surface area (Å²) in [7, 11) is 0. The van der Waals surface area contributed by atoms with Crippen LogP contribution in [0.5, 0.6) is 0 Å². The standard InChI is InChI=1S/C7H7BrF2N2/c8-5-3-11-2-1-6(5)12-4-7(9)10/h1-3,7H,4H2,(H,11,12). The number of pyridine rings is 1. The van der Waals surface area contributed by atoms with Gasteiger partial charge in [0.1, 0.15) is 0 Å². The van der Waals surface area contributed by atoms with E-state index in [9.17, 15) is 8.78 Å². The van der Waals surface area contributed by atoms with Gasteiger partial charge in [-0.3, -0.25) is 4.98 Å². The highest BCUT2D eigenvalue weighted by Gasteiger charge is 2.03. The summed E-state index contributed by atoms with van der Waals surface area (Å²) < 4.78 is 24.2. The average Bonchev–Trinajstić information content (AvgIpc) is 2.03. The molecule has 0 saturated heterocycles. The van der Waals surface area contributed by atoms with Gasteiger partial charge in [-0.1, -0.05) is 0 Å².